The van der Waals surface area contributed by atoms with Crippen LogP contribution in [0.25, 0.3) is 23.0 Å². The van der Waals surface area contributed by atoms with Crippen molar-refractivity contribution in [3.05, 3.63) is 72.0 Å². The normalized spacial score (nSPS) is 13.4. The summed E-state index contributed by atoms with van der Waals surface area (Å²) in [6.45, 7) is 5.28. The molecule has 4 aromatic rings. The third-order valence-corrected chi connectivity index (χ3v) is 7.90. The van der Waals surface area contributed by atoms with E-state index in [2.05, 4.69) is 20.6 Å². The van der Waals surface area contributed by atoms with Crippen LogP contribution in [0.2, 0.25) is 0 Å². The Balaban J connectivity index is 1.54. The van der Waals surface area contributed by atoms with Gasteiger partial charge in [0.1, 0.15) is 5.76 Å². The molecule has 2 aromatic carbocycles. The third kappa shape index (κ3) is 7.11. The van der Waals surface area contributed by atoms with Gasteiger partial charge in [-0.25, -0.2) is 13.2 Å². The zero-order valence-electron chi connectivity index (χ0n) is 22.3. The van der Waals surface area contributed by atoms with Gasteiger partial charge in [0.15, 0.2) is 5.69 Å². The van der Waals surface area contributed by atoms with Gasteiger partial charge in [-0.1, -0.05) is 54.5 Å². The molecule has 0 radical (unpaired) electrons. The van der Waals surface area contributed by atoms with E-state index in [9.17, 15) is 23.4 Å². The molecule has 0 aliphatic carbocycles. The van der Waals surface area contributed by atoms with Crippen molar-refractivity contribution in [2.45, 2.75) is 44.2 Å². The maximum absolute atomic E-state index is 13.7. The number of aromatic nitrogens is 3. The number of aryl methyl sites for hydroxylation is 1. The molecular formula is C27H31N5O7S. The van der Waals surface area contributed by atoms with Crippen LogP contribution in [0.15, 0.2) is 74.6 Å². The van der Waals surface area contributed by atoms with Crippen molar-refractivity contribution in [2.24, 2.45) is 5.92 Å². The van der Waals surface area contributed by atoms with E-state index >= 15 is 0 Å². The Morgan fingerprint density at radius 3 is 2.33 bits per heavy atom. The lowest BCUT2D eigenvalue weighted by atomic mass is 10.0. The van der Waals surface area contributed by atoms with Gasteiger partial charge >= 0.3 is 6.09 Å². The molecule has 0 saturated carbocycles. The van der Waals surface area contributed by atoms with Gasteiger partial charge in [-0.15, -0.1) is 0 Å². The van der Waals surface area contributed by atoms with Crippen LogP contribution < -0.4 is 5.32 Å². The molecule has 0 saturated heterocycles. The number of benzene rings is 2. The van der Waals surface area contributed by atoms with E-state index in [1.807, 2.05) is 44.2 Å². The summed E-state index contributed by atoms with van der Waals surface area (Å²) in [5.74, 6) is 0.947. The monoisotopic (exact) mass is 569 g/mol. The van der Waals surface area contributed by atoms with E-state index in [0.717, 1.165) is 5.56 Å². The number of hydrogen-bond acceptors (Lipinski definition) is 9. The standard InChI is InChI=1S/C27H31N5O7S/c1-17(2)15-32(16-24(33)22(28-27(34)35)14-19-7-5-4-6-8-19)40(36,37)21-11-9-20(10-12-21)25-29-26(39-31-25)23-13-18(3)38-30-23/h4-13,17,22,24,28,33H,14-16H2,1-3H3,(H,34,35)/t22-,24+/m0/s1. The molecule has 2 atom stereocenters. The highest BCUT2D eigenvalue weighted by Crippen LogP contribution is 2.25. The number of amides is 1. The molecule has 12 nitrogen and oxygen atoms in total. The van der Waals surface area contributed by atoms with Crippen molar-refractivity contribution in [1.29, 1.82) is 0 Å². The minimum Gasteiger partial charge on any atom is -0.465 e. The van der Waals surface area contributed by atoms with E-state index in [4.69, 9.17) is 9.05 Å². The molecular weight excluding hydrogens is 538 g/mol. The SMILES string of the molecule is Cc1cc(-c2nc(-c3ccc(S(=O)(=O)N(CC(C)C)C[C@@H](O)[C@H](Cc4ccccc4)NC(=O)O)cc3)no2)no1. The molecule has 0 unspecified atom stereocenters. The van der Waals surface area contributed by atoms with Gasteiger partial charge in [-0.3, -0.25) is 0 Å². The highest BCUT2D eigenvalue weighted by atomic mass is 32.2. The molecule has 0 spiro atoms. The molecule has 0 bridgehead atoms. The average Bonchev–Trinajstić information content (AvgIpc) is 3.57. The maximum atomic E-state index is 13.7. The smallest absolute Gasteiger partial charge is 0.404 e. The van der Waals surface area contributed by atoms with E-state index in [1.165, 1.54) is 16.4 Å². The van der Waals surface area contributed by atoms with Crippen molar-refractivity contribution in [1.82, 2.24) is 24.9 Å². The summed E-state index contributed by atoms with van der Waals surface area (Å²) in [5, 5.41) is 30.5. The first-order chi connectivity index (χ1) is 19.0. The van der Waals surface area contributed by atoms with Gasteiger partial charge in [0.05, 0.1) is 17.0 Å². The number of aliphatic hydroxyl groups is 1. The number of nitrogens with one attached hydrogen (secondary N) is 1. The molecule has 1 amide bonds. The number of hydrogen-bond donors (Lipinski definition) is 3. The summed E-state index contributed by atoms with van der Waals surface area (Å²) in [7, 11) is -4.05. The predicted molar refractivity (Wildman–Crippen MR) is 145 cm³/mol. The minimum absolute atomic E-state index is 0.00532. The number of nitrogens with zero attached hydrogens (tertiary/aromatic N) is 4. The third-order valence-electron chi connectivity index (χ3n) is 6.05. The van der Waals surface area contributed by atoms with E-state index in [0.29, 0.717) is 17.0 Å². The summed E-state index contributed by atoms with van der Waals surface area (Å²) >= 11 is 0. The van der Waals surface area contributed by atoms with Crippen molar-refractivity contribution in [3.8, 4) is 23.0 Å². The van der Waals surface area contributed by atoms with E-state index in [-0.39, 0.29) is 42.0 Å². The van der Waals surface area contributed by atoms with Crippen LogP contribution in [0.1, 0.15) is 25.2 Å². The zero-order chi connectivity index (χ0) is 28.9. The Hall–Kier alpha value is -4.07. The summed E-state index contributed by atoms with van der Waals surface area (Å²) in [6.07, 6.45) is -2.42. The lowest BCUT2D eigenvalue weighted by Crippen LogP contribution is -2.50. The molecule has 3 N–H and O–H groups in total. The predicted octanol–water partition coefficient (Wildman–Crippen LogP) is 3.59. The summed E-state index contributed by atoms with van der Waals surface area (Å²) < 4.78 is 38.8. The second-order valence-corrected chi connectivity index (χ2v) is 11.7. The van der Waals surface area contributed by atoms with Crippen molar-refractivity contribution < 1.29 is 32.5 Å². The molecule has 2 heterocycles. The molecule has 2 aromatic heterocycles. The Bertz CT molecular complexity index is 1520. The first-order valence-electron chi connectivity index (χ1n) is 12.6. The van der Waals surface area contributed by atoms with Crippen molar-refractivity contribution in [3.63, 3.8) is 0 Å². The number of carboxylic acid groups (broad SMARTS) is 1. The molecule has 0 aliphatic rings. The molecule has 40 heavy (non-hydrogen) atoms. The highest BCUT2D eigenvalue weighted by Gasteiger charge is 2.31. The average molecular weight is 570 g/mol. The van der Waals surface area contributed by atoms with Gasteiger partial charge in [0, 0.05) is 24.7 Å². The largest absolute Gasteiger partial charge is 0.465 e. The Kier molecular flexibility index (Phi) is 8.97. The number of carbonyl (C=O) groups is 1. The lowest BCUT2D eigenvalue weighted by molar-refractivity contribution is 0.0980. The first kappa shape index (κ1) is 28.9. The van der Waals surface area contributed by atoms with Crippen LogP contribution in [0, 0.1) is 12.8 Å². The number of rotatable bonds is 12. The van der Waals surface area contributed by atoms with Crippen molar-refractivity contribution >= 4 is 16.1 Å². The van der Waals surface area contributed by atoms with Crippen LogP contribution in [0.3, 0.4) is 0 Å². The molecule has 0 fully saturated rings. The topological polar surface area (TPSA) is 172 Å². The van der Waals surface area contributed by atoms with E-state index in [1.54, 1.807) is 25.1 Å². The fraction of sp³-hybridized carbons (Fsp3) is 0.333. The summed E-state index contributed by atoms with van der Waals surface area (Å²) in [4.78, 5) is 15.7. The quantitative estimate of drug-likeness (QED) is 0.229. The minimum atomic E-state index is -4.05. The summed E-state index contributed by atoms with van der Waals surface area (Å²) in [6, 6.07) is 15.8. The Morgan fingerprint density at radius 2 is 1.73 bits per heavy atom. The number of aliphatic hydroxyl groups excluding tert-OH is 1. The number of sulfonamides is 1. The summed E-state index contributed by atoms with van der Waals surface area (Å²) in [5.41, 5.74) is 1.72. The Labute approximate surface area is 231 Å². The maximum Gasteiger partial charge on any atom is 0.404 e. The molecule has 212 valence electrons. The fourth-order valence-corrected chi connectivity index (χ4v) is 5.78. The van der Waals surface area contributed by atoms with Gasteiger partial charge in [-0.05, 0) is 49.1 Å². The highest BCUT2D eigenvalue weighted by molar-refractivity contribution is 7.89. The van der Waals surface area contributed by atoms with Gasteiger partial charge < -0.3 is 24.6 Å². The lowest BCUT2D eigenvalue weighted by Gasteiger charge is -2.30. The zero-order valence-corrected chi connectivity index (χ0v) is 23.1. The van der Waals surface area contributed by atoms with Crippen LogP contribution in [0.4, 0.5) is 4.79 Å². The van der Waals surface area contributed by atoms with Gasteiger partial charge in [0.2, 0.25) is 15.8 Å². The second kappa shape index (κ2) is 12.4. The van der Waals surface area contributed by atoms with Gasteiger partial charge in [-0.2, -0.15) is 9.29 Å². The van der Waals surface area contributed by atoms with E-state index < -0.39 is 28.3 Å². The van der Waals surface area contributed by atoms with Crippen molar-refractivity contribution in [2.75, 3.05) is 13.1 Å². The van der Waals surface area contributed by atoms with Crippen LogP contribution in [-0.2, 0) is 16.4 Å². The second-order valence-electron chi connectivity index (χ2n) is 9.80. The molecule has 4 rings (SSSR count). The Morgan fingerprint density at radius 1 is 1.02 bits per heavy atom. The van der Waals surface area contributed by atoms with Crippen LogP contribution in [0.5, 0.6) is 0 Å². The van der Waals surface area contributed by atoms with Crippen LogP contribution >= 0.6 is 0 Å². The molecule has 13 heteroatoms. The first-order valence-corrected chi connectivity index (χ1v) is 14.1. The van der Waals surface area contributed by atoms with Crippen LogP contribution in [-0.4, -0.2) is 69.6 Å². The van der Waals surface area contributed by atoms with Gasteiger partial charge in [0.25, 0.3) is 5.89 Å². The fourth-order valence-electron chi connectivity index (χ4n) is 4.16. The molecule has 0 aliphatic heterocycles.